The van der Waals surface area contributed by atoms with E-state index in [1.165, 1.54) is 11.9 Å². The van der Waals surface area contributed by atoms with Gasteiger partial charge in [-0.15, -0.1) is 11.8 Å². The molecule has 14 heteroatoms. The van der Waals surface area contributed by atoms with Crippen LogP contribution in [0, 0.1) is 28.9 Å². The van der Waals surface area contributed by atoms with Crippen molar-refractivity contribution in [3.63, 3.8) is 0 Å². The topological polar surface area (TPSA) is 111 Å². The third kappa shape index (κ3) is 19.9. The second-order valence-corrected chi connectivity index (χ2v) is 19.6. The number of aromatic nitrogens is 1. The Bertz CT molecular complexity index is 2650. The largest absolute Gasteiger partial charge is 0.376 e. The SMILES string of the molecule is C=C(Cl)/C=C\C(=C/C)c1c(-c2cccc(C#Cc3ccc(NSc4ccc(N[C@H](CCN(C)C)CSc5ccccc5)c([N+](=O)[O-])c4)cc3)c2)c(C(=O)NCCCN2CCN(C)CC2)c(C)n1C.CC.CC.CC. The van der Waals surface area contributed by atoms with Crippen molar-refractivity contribution in [2.45, 2.75) is 84.1 Å². The Morgan fingerprint density at radius 1 is 0.878 bits per heavy atom. The standard InChI is InChI=1S/C54H63ClN8O3S2.3C2H6/c1-8-43(23-18-39(2)55)53-52(51(40(3)61(53)7)54(64)56-29-13-30-62-34-32-60(6)33-35-62)44-15-12-14-42(36-44)20-19-41-21-24-45(25-22-41)58-68-48-26-27-49(50(37-48)63(65)66)57-46(28-31-59(4)5)38-67-47-16-10-9-11-17-47;3*1-2/h8-12,14-18,21-27,36-37,46,57-58H,2,13,28-35,38H2,1,3-7H3,(H,56,64);3*1-2H3/b23-18-,43-8+;;;/t46-;;;/m1.../s1. The summed E-state index contributed by atoms with van der Waals surface area (Å²) in [6.07, 6.45) is 7.42. The molecule has 11 nitrogen and oxygen atoms in total. The summed E-state index contributed by atoms with van der Waals surface area (Å²) in [6.45, 7) is 26.4. The zero-order chi connectivity index (χ0) is 54.6. The normalized spacial score (nSPS) is 13.0. The van der Waals surface area contributed by atoms with Crippen LogP contribution < -0.4 is 15.4 Å². The highest BCUT2D eigenvalue weighted by Gasteiger charge is 2.26. The molecule has 1 fully saturated rings. The van der Waals surface area contributed by atoms with Gasteiger partial charge in [0.15, 0.2) is 0 Å². The number of allylic oxidation sites excluding steroid dienone is 5. The molecule has 0 radical (unpaired) electrons. The molecule has 0 unspecified atom stereocenters. The van der Waals surface area contributed by atoms with Crippen LogP contribution in [0.2, 0.25) is 0 Å². The van der Waals surface area contributed by atoms with Gasteiger partial charge in [-0.1, -0.05) is 114 Å². The summed E-state index contributed by atoms with van der Waals surface area (Å²) >= 11 is 9.23. The summed E-state index contributed by atoms with van der Waals surface area (Å²) in [4.78, 5) is 34.9. The third-order valence-electron chi connectivity index (χ3n) is 11.8. The van der Waals surface area contributed by atoms with Crippen LogP contribution in [0.3, 0.4) is 0 Å². The molecule has 0 spiro atoms. The number of nitrogens with one attached hydrogen (secondary N) is 3. The number of nitro benzene ring substituents is 1. The van der Waals surface area contributed by atoms with E-state index in [1.807, 2.05) is 161 Å². The molecular formula is C60H81ClN8O3S2. The van der Waals surface area contributed by atoms with Gasteiger partial charge in [-0.05, 0) is 151 Å². The molecule has 2 heterocycles. The van der Waals surface area contributed by atoms with E-state index >= 15 is 0 Å². The predicted octanol–water partition coefficient (Wildman–Crippen LogP) is 14.1. The van der Waals surface area contributed by atoms with Gasteiger partial charge in [0.2, 0.25) is 0 Å². The smallest absolute Gasteiger partial charge is 0.293 e. The molecular weight excluding hydrogens is 980 g/mol. The first-order valence-corrected chi connectivity index (χ1v) is 28.1. The fourth-order valence-electron chi connectivity index (χ4n) is 7.88. The van der Waals surface area contributed by atoms with Gasteiger partial charge in [0.05, 0.1) is 16.2 Å². The number of amides is 1. The molecule has 0 aliphatic carbocycles. The minimum absolute atomic E-state index is 0.0323. The number of benzene rings is 4. The van der Waals surface area contributed by atoms with Crippen molar-refractivity contribution in [3.05, 3.63) is 165 Å². The van der Waals surface area contributed by atoms with Gasteiger partial charge >= 0.3 is 0 Å². The third-order valence-corrected chi connectivity index (χ3v) is 13.9. The summed E-state index contributed by atoms with van der Waals surface area (Å²) in [5.74, 6) is 7.31. The van der Waals surface area contributed by atoms with Gasteiger partial charge in [-0.2, -0.15) is 0 Å². The number of likely N-dealkylation sites (N-methyl/N-ethyl adjacent to an activating group) is 1. The quantitative estimate of drug-likeness (QED) is 0.0125. The number of anilines is 2. The van der Waals surface area contributed by atoms with E-state index in [-0.39, 0.29) is 22.6 Å². The van der Waals surface area contributed by atoms with E-state index in [0.717, 1.165) is 113 Å². The van der Waals surface area contributed by atoms with Gasteiger partial charge in [0.25, 0.3) is 11.6 Å². The minimum Gasteiger partial charge on any atom is -0.376 e. The highest BCUT2D eigenvalue weighted by Crippen LogP contribution is 2.38. The number of thioether (sulfide) groups is 1. The van der Waals surface area contributed by atoms with Crippen LogP contribution in [-0.4, -0.2) is 109 Å². The molecule has 398 valence electrons. The molecule has 0 bridgehead atoms. The molecule has 4 aromatic carbocycles. The number of hydrogen-bond acceptors (Lipinski definition) is 10. The summed E-state index contributed by atoms with van der Waals surface area (Å²) in [5, 5.41) is 19.4. The Labute approximate surface area is 457 Å². The highest BCUT2D eigenvalue weighted by atomic mass is 35.5. The van der Waals surface area contributed by atoms with Crippen molar-refractivity contribution in [1.82, 2.24) is 24.6 Å². The van der Waals surface area contributed by atoms with Gasteiger partial charge in [-0.25, -0.2) is 0 Å². The summed E-state index contributed by atoms with van der Waals surface area (Å²) < 4.78 is 5.40. The first-order valence-electron chi connectivity index (χ1n) is 25.9. The number of hydrogen-bond donors (Lipinski definition) is 3. The van der Waals surface area contributed by atoms with Crippen LogP contribution in [0.25, 0.3) is 16.7 Å². The average Bonchev–Trinajstić information content (AvgIpc) is 3.68. The van der Waals surface area contributed by atoms with Crippen molar-refractivity contribution in [3.8, 4) is 23.0 Å². The van der Waals surface area contributed by atoms with E-state index in [9.17, 15) is 14.9 Å². The lowest BCUT2D eigenvalue weighted by Gasteiger charge is -2.32. The number of halogens is 1. The fraction of sp³-hybridized carbons (Fsp3) is 0.383. The number of nitro groups is 1. The molecule has 1 amide bonds. The summed E-state index contributed by atoms with van der Waals surface area (Å²) in [5.41, 5.74) is 7.99. The Kier molecular flexibility index (Phi) is 28.7. The van der Waals surface area contributed by atoms with Crippen LogP contribution >= 0.6 is 35.3 Å². The molecule has 0 saturated carbocycles. The number of carbonyl (C=O) groups is 1. The van der Waals surface area contributed by atoms with E-state index in [4.69, 9.17) is 11.6 Å². The summed E-state index contributed by atoms with van der Waals surface area (Å²) in [7, 11) is 8.21. The van der Waals surface area contributed by atoms with Crippen molar-refractivity contribution in [2.75, 3.05) is 82.7 Å². The second-order valence-electron chi connectivity index (χ2n) is 17.1. The van der Waals surface area contributed by atoms with Crippen molar-refractivity contribution in [2.24, 2.45) is 7.05 Å². The Hall–Kier alpha value is -5.72. The van der Waals surface area contributed by atoms with Gasteiger partial charge in [0.1, 0.15) is 5.69 Å². The van der Waals surface area contributed by atoms with Crippen molar-refractivity contribution < 1.29 is 9.72 Å². The average molecular weight is 1060 g/mol. The number of carbonyl (C=O) groups excluding carboxylic acids is 1. The zero-order valence-electron chi connectivity index (χ0n) is 46.0. The van der Waals surface area contributed by atoms with Gasteiger partial charge in [-0.3, -0.25) is 14.9 Å². The molecule has 1 saturated heterocycles. The maximum Gasteiger partial charge on any atom is 0.293 e. The Morgan fingerprint density at radius 3 is 2.19 bits per heavy atom. The van der Waals surface area contributed by atoms with Crippen LogP contribution in [0.4, 0.5) is 17.1 Å². The molecule has 1 aliphatic heterocycles. The minimum atomic E-state index is -0.325. The lowest BCUT2D eigenvalue weighted by molar-refractivity contribution is -0.384. The molecule has 6 rings (SSSR count). The molecule has 5 aromatic rings. The maximum absolute atomic E-state index is 14.1. The zero-order valence-corrected chi connectivity index (χ0v) is 48.4. The fourth-order valence-corrected chi connectivity index (χ4v) is 9.62. The first-order chi connectivity index (χ1) is 35.8. The van der Waals surface area contributed by atoms with Crippen molar-refractivity contribution in [1.29, 1.82) is 0 Å². The first kappa shape index (κ1) is 62.6. The number of nitrogens with zero attached hydrogens (tertiary/aromatic N) is 5. The van der Waals surface area contributed by atoms with Crippen LogP contribution in [0.5, 0.6) is 0 Å². The van der Waals surface area contributed by atoms with Crippen LogP contribution in [0.15, 0.2) is 137 Å². The molecule has 1 aliphatic rings. The maximum atomic E-state index is 14.1. The Balaban J connectivity index is 0.00000232. The van der Waals surface area contributed by atoms with E-state index < -0.39 is 0 Å². The van der Waals surface area contributed by atoms with Gasteiger partial charge in [0, 0.05) is 101 Å². The molecule has 1 atom stereocenters. The second kappa shape index (κ2) is 34.0. The van der Waals surface area contributed by atoms with Crippen LogP contribution in [-0.2, 0) is 7.05 Å². The number of rotatable bonds is 21. The van der Waals surface area contributed by atoms with Crippen LogP contribution in [0.1, 0.15) is 94.2 Å². The van der Waals surface area contributed by atoms with Gasteiger partial charge < -0.3 is 34.6 Å². The summed E-state index contributed by atoms with van der Waals surface area (Å²) in [6, 6.07) is 31.3. The Morgan fingerprint density at radius 2 is 1.55 bits per heavy atom. The van der Waals surface area contributed by atoms with E-state index in [1.54, 1.807) is 30.0 Å². The highest BCUT2D eigenvalue weighted by molar-refractivity contribution is 8.00. The molecule has 1 aromatic heterocycles. The lowest BCUT2D eigenvalue weighted by Crippen LogP contribution is -2.45. The number of piperazine rings is 1. The lowest BCUT2D eigenvalue weighted by atomic mass is 9.94. The predicted molar refractivity (Wildman–Crippen MR) is 321 cm³/mol. The molecule has 74 heavy (non-hydrogen) atoms. The van der Waals surface area contributed by atoms with E-state index in [2.05, 4.69) is 72.2 Å². The van der Waals surface area contributed by atoms with E-state index in [0.29, 0.717) is 22.8 Å². The van der Waals surface area contributed by atoms with Crippen molar-refractivity contribution >= 4 is 63.9 Å². The monoisotopic (exact) mass is 1060 g/mol. The molecule has 3 N–H and O–H groups in total.